The van der Waals surface area contributed by atoms with Gasteiger partial charge in [0.25, 0.3) is 0 Å². The molecule has 0 aromatic heterocycles. The minimum absolute atomic E-state index is 0.219. The second kappa shape index (κ2) is 7.51. The van der Waals surface area contributed by atoms with Gasteiger partial charge in [-0.25, -0.2) is 8.42 Å². The first-order valence-electron chi connectivity index (χ1n) is 7.72. The SMILES string of the molecule is O=S(=O)([N-]C(F)(F)F)C(F)(F)S(=O)(=O)Oc1ccc(C2CCCCC2)cc1. The average Bonchev–Trinajstić information content (AvgIpc) is 2.53. The summed E-state index contributed by atoms with van der Waals surface area (Å²) in [5.41, 5.74) is 0.825. The average molecular weight is 436 g/mol. The van der Waals surface area contributed by atoms with E-state index < -0.39 is 36.8 Å². The molecule has 1 aromatic carbocycles. The maximum absolute atomic E-state index is 13.7. The van der Waals surface area contributed by atoms with Gasteiger partial charge in [-0.05, 0) is 36.5 Å². The molecule has 0 N–H and O–H groups in total. The summed E-state index contributed by atoms with van der Waals surface area (Å²) < 4.78 is 108. The fourth-order valence-electron chi connectivity index (χ4n) is 2.73. The summed E-state index contributed by atoms with van der Waals surface area (Å²) >= 11 is 0. The van der Waals surface area contributed by atoms with Crippen molar-refractivity contribution in [3.05, 3.63) is 34.6 Å². The zero-order chi connectivity index (χ0) is 20.5. The Labute approximate surface area is 152 Å². The molecule has 6 nitrogen and oxygen atoms in total. The highest BCUT2D eigenvalue weighted by Crippen LogP contribution is 2.40. The molecule has 0 spiro atoms. The van der Waals surface area contributed by atoms with Crippen LogP contribution in [0.5, 0.6) is 5.75 Å². The van der Waals surface area contributed by atoms with Crippen LogP contribution in [0.4, 0.5) is 22.0 Å². The Bertz CT molecular complexity index is 860. The molecule has 0 bridgehead atoms. The fourth-order valence-corrected chi connectivity index (χ4v) is 4.81. The van der Waals surface area contributed by atoms with Gasteiger partial charge in [0.2, 0.25) is 0 Å². The first-order chi connectivity index (χ1) is 12.3. The molecule has 1 fully saturated rings. The van der Waals surface area contributed by atoms with Gasteiger partial charge in [0.15, 0.2) is 10.0 Å². The lowest BCUT2D eigenvalue weighted by Crippen LogP contribution is -2.41. The first-order valence-corrected chi connectivity index (χ1v) is 10.6. The third kappa shape index (κ3) is 5.08. The van der Waals surface area contributed by atoms with Crippen LogP contribution < -0.4 is 4.18 Å². The van der Waals surface area contributed by atoms with Gasteiger partial charge in [-0.1, -0.05) is 31.4 Å². The predicted molar refractivity (Wildman–Crippen MR) is 85.1 cm³/mol. The van der Waals surface area contributed by atoms with Crippen LogP contribution in [0, 0.1) is 0 Å². The van der Waals surface area contributed by atoms with Crippen LogP contribution in [-0.2, 0) is 20.1 Å². The van der Waals surface area contributed by atoms with E-state index in [-0.39, 0.29) is 5.92 Å². The summed E-state index contributed by atoms with van der Waals surface area (Å²) in [4.78, 5) is 0. The standard InChI is InChI=1S/C14H15F5NO5S2/c15-13(16,17)20-26(21,22)14(18,19)27(23,24)25-12-8-6-11(7-9-12)10-4-2-1-3-5-10/h6-10H,1-5H2/q-1. The minimum Gasteiger partial charge on any atom is -0.451 e. The molecule has 13 heteroatoms. The second-order valence-electron chi connectivity index (χ2n) is 5.94. The maximum atomic E-state index is 13.7. The second-order valence-corrected chi connectivity index (χ2v) is 9.43. The molecule has 2 rings (SSSR count). The van der Waals surface area contributed by atoms with Crippen LogP contribution in [0.1, 0.15) is 43.6 Å². The van der Waals surface area contributed by atoms with Gasteiger partial charge in [-0.15, -0.1) is 0 Å². The van der Waals surface area contributed by atoms with Crippen LogP contribution in [0.25, 0.3) is 4.72 Å². The summed E-state index contributed by atoms with van der Waals surface area (Å²) in [5, 5.41) is 0. The Balaban J connectivity index is 2.19. The van der Waals surface area contributed by atoms with Crippen LogP contribution in [0.2, 0.25) is 0 Å². The Morgan fingerprint density at radius 2 is 1.41 bits per heavy atom. The maximum Gasteiger partial charge on any atom is 0.465 e. The molecule has 154 valence electrons. The largest absolute Gasteiger partial charge is 0.465 e. The van der Waals surface area contributed by atoms with Gasteiger partial charge in [0.1, 0.15) is 5.75 Å². The molecule has 0 atom stereocenters. The molecule has 27 heavy (non-hydrogen) atoms. The molecule has 0 radical (unpaired) electrons. The Kier molecular flexibility index (Phi) is 6.07. The topological polar surface area (TPSA) is 91.6 Å². The van der Waals surface area contributed by atoms with Gasteiger partial charge < -0.3 is 8.91 Å². The van der Waals surface area contributed by atoms with Crippen molar-refractivity contribution >= 4 is 20.1 Å². The van der Waals surface area contributed by atoms with Crippen molar-refractivity contribution in [3.63, 3.8) is 0 Å². The summed E-state index contributed by atoms with van der Waals surface area (Å²) in [6.07, 6.45) is -0.947. The van der Waals surface area contributed by atoms with Crippen LogP contribution in [0.3, 0.4) is 0 Å². The summed E-state index contributed by atoms with van der Waals surface area (Å²) in [7, 11) is -13.1. The lowest BCUT2D eigenvalue weighted by atomic mass is 9.84. The van der Waals surface area contributed by atoms with Crippen molar-refractivity contribution in [2.75, 3.05) is 0 Å². The Morgan fingerprint density at radius 1 is 0.889 bits per heavy atom. The molecule has 1 aromatic rings. The van der Waals surface area contributed by atoms with E-state index >= 15 is 0 Å². The Morgan fingerprint density at radius 3 is 1.89 bits per heavy atom. The van der Waals surface area contributed by atoms with Crippen LogP contribution >= 0.6 is 0 Å². The van der Waals surface area contributed by atoms with Crippen molar-refractivity contribution in [2.24, 2.45) is 0 Å². The highest BCUT2D eigenvalue weighted by molar-refractivity contribution is 8.09. The van der Waals surface area contributed by atoms with Crippen LogP contribution in [-0.4, -0.2) is 27.7 Å². The number of sulfonamides is 1. The van der Waals surface area contributed by atoms with Crippen molar-refractivity contribution in [3.8, 4) is 5.75 Å². The molecular weight excluding hydrogens is 421 g/mol. The van der Waals surface area contributed by atoms with E-state index in [0.29, 0.717) is 0 Å². The Hall–Kier alpha value is -1.47. The van der Waals surface area contributed by atoms with E-state index in [2.05, 4.69) is 4.18 Å². The molecule has 1 aliphatic rings. The normalized spacial score (nSPS) is 17.7. The number of hydrogen-bond acceptors (Lipinski definition) is 5. The lowest BCUT2D eigenvalue weighted by Gasteiger charge is -2.28. The predicted octanol–water partition coefficient (Wildman–Crippen LogP) is 4.22. The zero-order valence-corrected chi connectivity index (χ0v) is 15.3. The number of hydrogen-bond donors (Lipinski definition) is 0. The monoisotopic (exact) mass is 436 g/mol. The van der Waals surface area contributed by atoms with E-state index in [1.54, 1.807) is 0 Å². The van der Waals surface area contributed by atoms with E-state index in [1.165, 1.54) is 12.1 Å². The van der Waals surface area contributed by atoms with Gasteiger partial charge in [-0.3, -0.25) is 0 Å². The summed E-state index contributed by atoms with van der Waals surface area (Å²) in [6, 6.07) is 4.94. The smallest absolute Gasteiger partial charge is 0.451 e. The molecule has 1 saturated carbocycles. The molecule has 1 aliphatic carbocycles. The number of nitrogens with zero attached hydrogens (tertiary/aromatic N) is 1. The van der Waals surface area contributed by atoms with E-state index in [9.17, 15) is 38.8 Å². The molecule has 0 unspecified atom stereocenters. The molecular formula is C14H15F5NO5S2-. The molecule has 0 amide bonds. The minimum atomic E-state index is -6.77. The van der Waals surface area contributed by atoms with Crippen LogP contribution in [0.15, 0.2) is 24.3 Å². The van der Waals surface area contributed by atoms with Crippen molar-refractivity contribution in [1.29, 1.82) is 0 Å². The summed E-state index contributed by atoms with van der Waals surface area (Å²) in [5.74, 6) is -0.437. The highest BCUT2D eigenvalue weighted by atomic mass is 32.3. The quantitative estimate of drug-likeness (QED) is 0.378. The van der Waals surface area contributed by atoms with E-state index in [1.807, 2.05) is 0 Å². The van der Waals surface area contributed by atoms with Crippen molar-refractivity contribution in [1.82, 2.24) is 0 Å². The van der Waals surface area contributed by atoms with Crippen molar-refractivity contribution < 1.29 is 43.0 Å². The van der Waals surface area contributed by atoms with E-state index in [4.69, 9.17) is 0 Å². The van der Waals surface area contributed by atoms with Crippen molar-refractivity contribution in [2.45, 2.75) is 48.9 Å². The van der Waals surface area contributed by atoms with E-state index in [0.717, 1.165) is 54.5 Å². The molecule has 0 heterocycles. The first kappa shape index (κ1) is 21.8. The highest BCUT2D eigenvalue weighted by Gasteiger charge is 2.57. The van der Waals surface area contributed by atoms with Gasteiger partial charge in [-0.2, -0.15) is 30.4 Å². The lowest BCUT2D eigenvalue weighted by molar-refractivity contribution is -0.0851. The zero-order valence-electron chi connectivity index (χ0n) is 13.6. The third-order valence-electron chi connectivity index (χ3n) is 3.98. The van der Waals surface area contributed by atoms with Gasteiger partial charge in [0.05, 0.1) is 0 Å². The fraction of sp³-hybridized carbons (Fsp3) is 0.571. The number of halogens is 5. The van der Waals surface area contributed by atoms with Gasteiger partial charge >= 0.3 is 21.0 Å². The molecule has 0 saturated heterocycles. The number of alkyl halides is 5. The van der Waals surface area contributed by atoms with Gasteiger partial charge in [0, 0.05) is 0 Å². The number of benzene rings is 1. The third-order valence-corrected chi connectivity index (χ3v) is 7.26. The number of rotatable bonds is 6. The molecule has 0 aliphatic heterocycles. The summed E-state index contributed by atoms with van der Waals surface area (Å²) in [6.45, 7) is 0.